The third-order valence-electron chi connectivity index (χ3n) is 1.08. The standard InChI is InChI=1S/C7H6ClIN/c8-6-1-5(4-10)2-7(9)3-6/h2-3H,4,10H2. The van der Waals surface area contributed by atoms with Crippen LogP contribution in [0.5, 0.6) is 0 Å². The summed E-state index contributed by atoms with van der Waals surface area (Å²) in [5.41, 5.74) is 6.35. The monoisotopic (exact) mass is 266 g/mol. The Morgan fingerprint density at radius 1 is 1.60 bits per heavy atom. The third kappa shape index (κ3) is 2.11. The van der Waals surface area contributed by atoms with E-state index in [1.54, 1.807) is 0 Å². The largest absolute Gasteiger partial charge is 0.326 e. The Morgan fingerprint density at radius 2 is 2.30 bits per heavy atom. The molecule has 3 heteroatoms. The molecule has 53 valence electrons. The van der Waals surface area contributed by atoms with Gasteiger partial charge in [-0.05, 0) is 40.3 Å². The number of nitrogens with two attached hydrogens (primary N) is 1. The van der Waals surface area contributed by atoms with E-state index in [9.17, 15) is 0 Å². The highest BCUT2D eigenvalue weighted by atomic mass is 127. The minimum Gasteiger partial charge on any atom is -0.326 e. The molecule has 2 N–H and O–H groups in total. The van der Waals surface area contributed by atoms with Gasteiger partial charge in [0.15, 0.2) is 0 Å². The van der Waals surface area contributed by atoms with Crippen molar-refractivity contribution in [2.75, 3.05) is 0 Å². The molecule has 0 saturated carbocycles. The fourth-order valence-corrected chi connectivity index (χ4v) is 1.77. The van der Waals surface area contributed by atoms with Crippen molar-refractivity contribution in [1.82, 2.24) is 0 Å². The first-order chi connectivity index (χ1) is 4.72. The van der Waals surface area contributed by atoms with Gasteiger partial charge in [-0.1, -0.05) is 11.6 Å². The lowest BCUT2D eigenvalue weighted by Gasteiger charge is -1.96. The van der Waals surface area contributed by atoms with Gasteiger partial charge in [-0.15, -0.1) is 0 Å². The van der Waals surface area contributed by atoms with E-state index in [-0.39, 0.29) is 0 Å². The smallest absolute Gasteiger partial charge is 0.0498 e. The third-order valence-corrected chi connectivity index (χ3v) is 1.90. The fraction of sp³-hybridized carbons (Fsp3) is 0.143. The van der Waals surface area contributed by atoms with Crippen LogP contribution in [-0.4, -0.2) is 0 Å². The normalized spacial score (nSPS) is 9.90. The molecule has 0 aliphatic rings. The van der Waals surface area contributed by atoms with Crippen LogP contribution in [0.4, 0.5) is 0 Å². The molecule has 1 aromatic carbocycles. The maximum atomic E-state index is 5.71. The molecule has 0 aliphatic carbocycles. The quantitative estimate of drug-likeness (QED) is 0.775. The van der Waals surface area contributed by atoms with Gasteiger partial charge in [0.25, 0.3) is 0 Å². The van der Waals surface area contributed by atoms with Crippen molar-refractivity contribution in [2.24, 2.45) is 5.73 Å². The molecule has 0 saturated heterocycles. The van der Waals surface area contributed by atoms with Crippen LogP contribution in [0.15, 0.2) is 12.1 Å². The second-order valence-corrected chi connectivity index (χ2v) is 3.53. The minimum absolute atomic E-state index is 0.497. The average Bonchev–Trinajstić information content (AvgIpc) is 1.85. The van der Waals surface area contributed by atoms with Crippen LogP contribution in [0.25, 0.3) is 0 Å². The van der Waals surface area contributed by atoms with Crippen molar-refractivity contribution >= 4 is 34.2 Å². The van der Waals surface area contributed by atoms with Gasteiger partial charge in [0, 0.05) is 21.2 Å². The molecule has 1 nitrogen and oxygen atoms in total. The van der Waals surface area contributed by atoms with Crippen LogP contribution in [0.2, 0.25) is 5.02 Å². The molecule has 0 bridgehead atoms. The van der Waals surface area contributed by atoms with E-state index in [1.165, 1.54) is 0 Å². The fourth-order valence-electron chi connectivity index (χ4n) is 0.665. The molecule has 0 aliphatic heterocycles. The minimum atomic E-state index is 0.497. The number of benzene rings is 1. The van der Waals surface area contributed by atoms with Crippen molar-refractivity contribution in [1.29, 1.82) is 0 Å². The number of hydrogen-bond donors (Lipinski definition) is 1. The summed E-state index contributed by atoms with van der Waals surface area (Å²) in [6, 6.07) is 6.75. The van der Waals surface area contributed by atoms with Crippen LogP contribution in [0.3, 0.4) is 0 Å². The molecule has 0 aromatic heterocycles. The Labute approximate surface area is 78.7 Å². The van der Waals surface area contributed by atoms with Gasteiger partial charge >= 0.3 is 0 Å². The molecule has 10 heavy (non-hydrogen) atoms. The van der Waals surface area contributed by atoms with E-state index in [2.05, 4.69) is 28.7 Å². The van der Waals surface area contributed by atoms with Gasteiger partial charge < -0.3 is 5.73 Å². The maximum absolute atomic E-state index is 5.71. The van der Waals surface area contributed by atoms with E-state index in [0.717, 1.165) is 9.13 Å². The van der Waals surface area contributed by atoms with Crippen molar-refractivity contribution in [3.63, 3.8) is 0 Å². The molecule has 1 aromatic rings. The molecule has 1 rings (SSSR count). The highest BCUT2D eigenvalue weighted by Gasteiger charge is 1.94. The van der Waals surface area contributed by atoms with E-state index < -0.39 is 0 Å². The molecule has 0 atom stereocenters. The van der Waals surface area contributed by atoms with E-state index in [0.29, 0.717) is 11.6 Å². The van der Waals surface area contributed by atoms with Gasteiger partial charge in [-0.2, -0.15) is 0 Å². The Bertz CT molecular complexity index is 217. The first-order valence-corrected chi connectivity index (χ1v) is 4.25. The SMILES string of the molecule is NCc1[c]c(Cl)cc(I)c1. The lowest BCUT2D eigenvalue weighted by Crippen LogP contribution is -1.96. The molecular formula is C7H6ClIN. The number of hydrogen-bond acceptors (Lipinski definition) is 1. The highest BCUT2D eigenvalue weighted by molar-refractivity contribution is 14.1. The first kappa shape index (κ1) is 8.30. The molecule has 1 radical (unpaired) electrons. The predicted molar refractivity (Wildman–Crippen MR) is 50.9 cm³/mol. The van der Waals surface area contributed by atoms with Gasteiger partial charge in [0.2, 0.25) is 0 Å². The van der Waals surface area contributed by atoms with Crippen LogP contribution in [0.1, 0.15) is 5.56 Å². The summed E-state index contributed by atoms with van der Waals surface area (Å²) in [5.74, 6) is 0. The molecule has 0 fully saturated rings. The molecule has 0 spiro atoms. The summed E-state index contributed by atoms with van der Waals surface area (Å²) >= 11 is 7.91. The summed E-state index contributed by atoms with van der Waals surface area (Å²) in [5, 5.41) is 0.632. The highest BCUT2D eigenvalue weighted by Crippen LogP contribution is 2.15. The summed E-state index contributed by atoms with van der Waals surface area (Å²) in [6.45, 7) is 0.497. The van der Waals surface area contributed by atoms with Gasteiger partial charge in [-0.3, -0.25) is 0 Å². The zero-order chi connectivity index (χ0) is 7.56. The van der Waals surface area contributed by atoms with Gasteiger partial charge in [-0.25, -0.2) is 0 Å². The second kappa shape index (κ2) is 3.55. The lowest BCUT2D eigenvalue weighted by molar-refractivity contribution is 1.07. The van der Waals surface area contributed by atoms with Crippen molar-refractivity contribution in [3.05, 3.63) is 32.4 Å². The number of rotatable bonds is 1. The van der Waals surface area contributed by atoms with Gasteiger partial charge in [0.1, 0.15) is 0 Å². The van der Waals surface area contributed by atoms with E-state index >= 15 is 0 Å². The first-order valence-electron chi connectivity index (χ1n) is 2.79. The van der Waals surface area contributed by atoms with Crippen molar-refractivity contribution in [3.8, 4) is 0 Å². The summed E-state index contributed by atoms with van der Waals surface area (Å²) in [4.78, 5) is 0. The molecule has 0 heterocycles. The summed E-state index contributed by atoms with van der Waals surface area (Å²) in [6.07, 6.45) is 0. The zero-order valence-corrected chi connectivity index (χ0v) is 8.11. The van der Waals surface area contributed by atoms with Crippen LogP contribution in [-0.2, 0) is 6.54 Å². The molecule has 0 unspecified atom stereocenters. The molecule has 0 amide bonds. The Hall–Kier alpha value is 0.200. The zero-order valence-electron chi connectivity index (χ0n) is 5.20. The molecular weight excluding hydrogens is 260 g/mol. The summed E-state index contributed by atoms with van der Waals surface area (Å²) < 4.78 is 1.10. The van der Waals surface area contributed by atoms with Crippen LogP contribution in [0, 0.1) is 9.64 Å². The second-order valence-electron chi connectivity index (χ2n) is 1.88. The van der Waals surface area contributed by atoms with E-state index in [4.69, 9.17) is 17.3 Å². The summed E-state index contributed by atoms with van der Waals surface area (Å²) in [7, 11) is 0. The Balaban J connectivity index is 3.06. The Morgan fingerprint density at radius 3 is 2.80 bits per heavy atom. The average molecular weight is 266 g/mol. The van der Waals surface area contributed by atoms with Gasteiger partial charge in [0.05, 0.1) is 0 Å². The number of halogens is 2. The predicted octanol–water partition coefficient (Wildman–Crippen LogP) is 2.20. The van der Waals surface area contributed by atoms with Crippen molar-refractivity contribution in [2.45, 2.75) is 6.54 Å². The van der Waals surface area contributed by atoms with Crippen LogP contribution < -0.4 is 5.73 Å². The topological polar surface area (TPSA) is 26.0 Å². The van der Waals surface area contributed by atoms with E-state index in [1.807, 2.05) is 12.1 Å². The Kier molecular flexibility index (Phi) is 2.95. The van der Waals surface area contributed by atoms with Crippen LogP contribution >= 0.6 is 34.2 Å². The van der Waals surface area contributed by atoms with Crippen molar-refractivity contribution < 1.29 is 0 Å². The maximum Gasteiger partial charge on any atom is 0.0498 e. The lowest BCUT2D eigenvalue weighted by atomic mass is 10.2.